The molecular formula is C22H23F4N9O2. The van der Waals surface area contributed by atoms with Crippen LogP contribution >= 0.6 is 0 Å². The smallest absolute Gasteiger partial charge is 0.281 e. The first-order chi connectivity index (χ1) is 17.6. The highest BCUT2D eigenvalue weighted by Gasteiger charge is 2.51. The molecule has 11 nitrogen and oxygen atoms in total. The van der Waals surface area contributed by atoms with Crippen LogP contribution in [0.15, 0.2) is 18.2 Å². The van der Waals surface area contributed by atoms with Gasteiger partial charge in [0.1, 0.15) is 22.9 Å². The minimum Gasteiger partial charge on any atom is -0.493 e. The van der Waals surface area contributed by atoms with Gasteiger partial charge in [0, 0.05) is 18.2 Å². The number of halogens is 4. The van der Waals surface area contributed by atoms with Crippen LogP contribution in [0.5, 0.6) is 5.88 Å². The van der Waals surface area contributed by atoms with E-state index >= 15 is 0 Å². The van der Waals surface area contributed by atoms with Gasteiger partial charge in [-0.05, 0) is 19.1 Å². The van der Waals surface area contributed by atoms with Crippen LogP contribution in [0.4, 0.5) is 29.3 Å². The fourth-order valence-electron chi connectivity index (χ4n) is 4.83. The summed E-state index contributed by atoms with van der Waals surface area (Å²) in [4.78, 5) is 14.6. The monoisotopic (exact) mass is 521 g/mol. The van der Waals surface area contributed by atoms with Gasteiger partial charge in [-0.15, -0.1) is 5.10 Å². The quantitative estimate of drug-likeness (QED) is 0.327. The van der Waals surface area contributed by atoms with Crippen molar-refractivity contribution in [1.29, 1.82) is 0 Å². The Labute approximate surface area is 206 Å². The summed E-state index contributed by atoms with van der Waals surface area (Å²) >= 11 is 0. The van der Waals surface area contributed by atoms with E-state index < -0.39 is 31.5 Å². The lowest BCUT2D eigenvalue weighted by molar-refractivity contribution is -0.0711. The molecule has 4 aromatic rings. The van der Waals surface area contributed by atoms with Gasteiger partial charge in [-0.1, -0.05) is 0 Å². The minimum absolute atomic E-state index is 0.0483. The average Bonchev–Trinajstić information content (AvgIpc) is 3.38. The van der Waals surface area contributed by atoms with Gasteiger partial charge in [-0.2, -0.15) is 9.50 Å². The molecular weight excluding hydrogens is 498 g/mol. The number of imidazole rings is 1. The van der Waals surface area contributed by atoms with Crippen molar-refractivity contribution in [3.05, 3.63) is 24.0 Å². The van der Waals surface area contributed by atoms with Crippen LogP contribution in [0, 0.1) is 6.92 Å². The maximum Gasteiger partial charge on any atom is 0.281 e. The Balaban J connectivity index is 1.35. The van der Waals surface area contributed by atoms with E-state index in [0.717, 1.165) is 4.52 Å². The predicted octanol–water partition coefficient (Wildman–Crippen LogP) is 2.13. The largest absolute Gasteiger partial charge is 0.493 e. The molecule has 2 aliphatic heterocycles. The Morgan fingerprint density at radius 1 is 1.24 bits per heavy atom. The average molecular weight is 521 g/mol. The maximum absolute atomic E-state index is 14.7. The number of nitrogens with one attached hydrogen (secondary N) is 1. The van der Waals surface area contributed by atoms with Crippen LogP contribution in [0.25, 0.3) is 27.9 Å². The normalized spacial score (nSPS) is 20.3. The number of fused-ring (bicyclic) bond motifs is 2. The van der Waals surface area contributed by atoms with Crippen molar-refractivity contribution in [1.82, 2.24) is 34.0 Å². The number of nitrogens with two attached hydrogens (primary N) is 1. The molecule has 0 radical (unpaired) electrons. The van der Waals surface area contributed by atoms with E-state index in [1.165, 1.54) is 10.6 Å². The number of aromatic nitrogens is 6. The molecule has 6 heterocycles. The molecule has 0 bridgehead atoms. The highest BCUT2D eigenvalue weighted by Crippen LogP contribution is 2.35. The third-order valence-corrected chi connectivity index (χ3v) is 6.78. The second-order valence-electron chi connectivity index (χ2n) is 9.28. The molecule has 4 aromatic heterocycles. The Bertz CT molecular complexity index is 1500. The van der Waals surface area contributed by atoms with Gasteiger partial charge in [-0.25, -0.2) is 27.5 Å². The van der Waals surface area contributed by atoms with E-state index in [4.69, 9.17) is 10.5 Å². The summed E-state index contributed by atoms with van der Waals surface area (Å²) in [6.07, 6.45) is -2.60. The Morgan fingerprint density at radius 3 is 2.73 bits per heavy atom. The van der Waals surface area contributed by atoms with E-state index in [2.05, 4.69) is 25.4 Å². The number of ether oxygens (including phenoxy) is 1. The molecule has 196 valence electrons. The summed E-state index contributed by atoms with van der Waals surface area (Å²) in [7, 11) is 0. The van der Waals surface area contributed by atoms with Crippen LogP contribution in [0.3, 0.4) is 0 Å². The van der Waals surface area contributed by atoms with Crippen molar-refractivity contribution in [3.63, 3.8) is 0 Å². The van der Waals surface area contributed by atoms with Crippen molar-refractivity contribution in [2.24, 2.45) is 0 Å². The van der Waals surface area contributed by atoms with Gasteiger partial charge in [0.2, 0.25) is 11.8 Å². The summed E-state index contributed by atoms with van der Waals surface area (Å²) in [5, 5.41) is 17.4. The van der Waals surface area contributed by atoms with Crippen molar-refractivity contribution in [2.75, 3.05) is 37.4 Å². The molecule has 0 spiro atoms. The fraction of sp³-hybridized carbons (Fsp3) is 0.455. The van der Waals surface area contributed by atoms with Gasteiger partial charge in [0.05, 0.1) is 38.0 Å². The molecule has 4 N–H and O–H groups in total. The van der Waals surface area contributed by atoms with Crippen molar-refractivity contribution in [2.45, 2.75) is 37.9 Å². The third kappa shape index (κ3) is 3.98. The highest BCUT2D eigenvalue weighted by atomic mass is 19.3. The molecule has 0 amide bonds. The number of pyridine rings is 1. The van der Waals surface area contributed by atoms with E-state index in [1.54, 1.807) is 24.0 Å². The molecule has 37 heavy (non-hydrogen) atoms. The van der Waals surface area contributed by atoms with Gasteiger partial charge >= 0.3 is 0 Å². The number of likely N-dealkylation sites (tertiary alicyclic amines) is 1. The lowest BCUT2D eigenvalue weighted by Crippen LogP contribution is -2.48. The van der Waals surface area contributed by atoms with E-state index in [9.17, 15) is 22.7 Å². The van der Waals surface area contributed by atoms with Crippen molar-refractivity contribution in [3.8, 4) is 17.1 Å². The van der Waals surface area contributed by atoms with Crippen molar-refractivity contribution < 1.29 is 27.4 Å². The number of hydrogen-bond acceptors (Lipinski definition) is 9. The molecule has 6 rings (SSSR count). The zero-order valence-corrected chi connectivity index (χ0v) is 19.6. The molecule has 2 fully saturated rings. The lowest BCUT2D eigenvalue weighted by Gasteiger charge is -2.34. The van der Waals surface area contributed by atoms with Crippen LogP contribution in [-0.4, -0.2) is 89.9 Å². The summed E-state index contributed by atoms with van der Waals surface area (Å²) in [6, 6.07) is 3.28. The topological polar surface area (TPSA) is 132 Å². The Kier molecular flexibility index (Phi) is 5.38. The standard InChI is InChI=1S/C22H23F4N9O2/c1-10-28-14-3-2-13(29-20(14)34(10)6-16(23)24)12-4-17(36)35-18(12)19(27)31-21(32-35)30-15-5-33(9-22(15,25)26)11-7-37-8-11/h2-4,11,15-16,36H,5-9H2,1H3,(H3,27,30,31,32). The van der Waals surface area contributed by atoms with Gasteiger partial charge in [0.15, 0.2) is 11.5 Å². The van der Waals surface area contributed by atoms with Gasteiger partial charge < -0.3 is 25.5 Å². The highest BCUT2D eigenvalue weighted by molar-refractivity contribution is 5.89. The Morgan fingerprint density at radius 2 is 2.03 bits per heavy atom. The Hall–Kier alpha value is -3.72. The summed E-state index contributed by atoms with van der Waals surface area (Å²) in [5.41, 5.74) is 7.72. The number of anilines is 2. The number of nitrogen functional groups attached to an aromatic ring is 1. The third-order valence-electron chi connectivity index (χ3n) is 6.78. The number of aromatic hydroxyl groups is 1. The number of nitrogens with zero attached hydrogens (tertiary/aromatic N) is 7. The fourth-order valence-corrected chi connectivity index (χ4v) is 4.83. The predicted molar refractivity (Wildman–Crippen MR) is 125 cm³/mol. The van der Waals surface area contributed by atoms with Gasteiger partial charge in [0.25, 0.3) is 12.3 Å². The second kappa shape index (κ2) is 8.41. The number of hydrogen-bond donors (Lipinski definition) is 3. The maximum atomic E-state index is 14.7. The molecule has 15 heteroatoms. The second-order valence-corrected chi connectivity index (χ2v) is 9.28. The van der Waals surface area contributed by atoms with Gasteiger partial charge in [-0.3, -0.25) is 4.90 Å². The first-order valence-electron chi connectivity index (χ1n) is 11.6. The lowest BCUT2D eigenvalue weighted by atomic mass is 10.2. The molecule has 0 saturated carbocycles. The first-order valence-corrected chi connectivity index (χ1v) is 11.6. The SMILES string of the molecule is Cc1nc2ccc(-c3cc(O)n4nc(NC5CN(C6COC6)CC5(F)F)nc(N)c34)nc2n1CC(F)F. The van der Waals surface area contributed by atoms with Crippen LogP contribution in [0.2, 0.25) is 0 Å². The van der Waals surface area contributed by atoms with E-state index in [-0.39, 0.29) is 41.4 Å². The summed E-state index contributed by atoms with van der Waals surface area (Å²) in [6.45, 7) is 1.53. The number of rotatable bonds is 6. The molecule has 0 aliphatic carbocycles. The molecule has 2 aliphatic rings. The summed E-state index contributed by atoms with van der Waals surface area (Å²) in [5.74, 6) is -3.24. The zero-order chi connectivity index (χ0) is 26.1. The summed E-state index contributed by atoms with van der Waals surface area (Å²) < 4.78 is 63.1. The zero-order valence-electron chi connectivity index (χ0n) is 19.6. The number of aryl methyl sites for hydroxylation is 1. The molecule has 0 aromatic carbocycles. The van der Waals surface area contributed by atoms with Crippen LogP contribution in [0.1, 0.15) is 5.82 Å². The minimum atomic E-state index is -3.04. The molecule has 2 saturated heterocycles. The van der Waals surface area contributed by atoms with Crippen LogP contribution in [-0.2, 0) is 11.3 Å². The number of alkyl halides is 4. The van der Waals surface area contributed by atoms with E-state index in [0.29, 0.717) is 35.8 Å². The van der Waals surface area contributed by atoms with Crippen LogP contribution < -0.4 is 11.1 Å². The van der Waals surface area contributed by atoms with Crippen molar-refractivity contribution >= 4 is 28.4 Å². The molecule has 1 unspecified atom stereocenters. The first kappa shape index (κ1) is 23.7. The van der Waals surface area contributed by atoms with E-state index in [1.807, 2.05) is 0 Å². The molecule has 1 atom stereocenters.